The Kier molecular flexibility index (Phi) is 9.35. The van der Waals surface area contributed by atoms with Gasteiger partial charge in [0, 0.05) is 55.4 Å². The summed E-state index contributed by atoms with van der Waals surface area (Å²) in [5, 5.41) is 1.06. The zero-order chi connectivity index (χ0) is 37.9. The Hall–Kier alpha value is -4.57. The van der Waals surface area contributed by atoms with Crippen molar-refractivity contribution in [2.75, 3.05) is 0 Å². The van der Waals surface area contributed by atoms with Crippen molar-refractivity contribution in [2.24, 2.45) is 34.6 Å². The van der Waals surface area contributed by atoms with E-state index in [1.54, 1.807) is 11.1 Å². The highest BCUT2D eigenvalue weighted by Gasteiger charge is 2.40. The van der Waals surface area contributed by atoms with Crippen LogP contribution in [0.25, 0.3) is 11.1 Å². The topological polar surface area (TPSA) is 12.4 Å². The highest BCUT2D eigenvalue weighted by atomic mass is 32.2. The molecule has 0 saturated carbocycles. The van der Waals surface area contributed by atoms with Gasteiger partial charge in [0.25, 0.3) is 0 Å². The molecule has 0 amide bonds. The molecule has 282 valence electrons. The third-order valence-corrected chi connectivity index (χ3v) is 16.6. The monoisotopic (exact) mass is 775 g/mol. The molecule has 3 aromatic rings. The summed E-state index contributed by atoms with van der Waals surface area (Å²) in [6.07, 6.45) is 41.6. The lowest BCUT2D eigenvalue weighted by Crippen LogP contribution is -2.32. The molecule has 8 unspecified atom stereocenters. The van der Waals surface area contributed by atoms with E-state index in [1.807, 2.05) is 11.8 Å². The van der Waals surface area contributed by atoms with Gasteiger partial charge in [-0.25, -0.2) is 0 Å². The second-order valence-electron chi connectivity index (χ2n) is 17.2. The minimum Gasteiger partial charge on any atom is -0.257 e. The van der Waals surface area contributed by atoms with Crippen molar-refractivity contribution in [1.29, 1.82) is 0 Å². The fourth-order valence-electron chi connectivity index (χ4n) is 10.8. The number of allylic oxidation sites excluding steroid dienone is 17. The number of hydrogen-bond donors (Lipinski definition) is 0. The molecule has 3 aliphatic heterocycles. The van der Waals surface area contributed by atoms with Gasteiger partial charge in [0.1, 0.15) is 0 Å². The SMILES string of the molecule is CC1C(C2=CC=C(c3ccccc3)CC2)=NC(C2C=CC=CC2)=C[C@H]1C1C=C(c2ccc3c(c2)C2C=CC=CC2S3)C=C(C2C=CC3Sc4ccccc4C3C2)C1. The van der Waals surface area contributed by atoms with Crippen LogP contribution in [0.15, 0.2) is 196 Å². The largest absolute Gasteiger partial charge is 0.257 e. The Morgan fingerprint density at radius 1 is 0.667 bits per heavy atom. The van der Waals surface area contributed by atoms with Crippen molar-refractivity contribution in [2.45, 2.75) is 71.2 Å². The molecule has 0 N–H and O–H groups in total. The lowest BCUT2D eigenvalue weighted by atomic mass is 9.67. The third-order valence-electron chi connectivity index (χ3n) is 13.9. The maximum atomic E-state index is 5.61. The smallest absolute Gasteiger partial charge is 0.0473 e. The summed E-state index contributed by atoms with van der Waals surface area (Å²) in [5.41, 5.74) is 14.2. The Balaban J connectivity index is 0.976. The predicted octanol–water partition coefficient (Wildman–Crippen LogP) is 14.1. The summed E-state index contributed by atoms with van der Waals surface area (Å²) in [7, 11) is 0. The van der Waals surface area contributed by atoms with Crippen LogP contribution < -0.4 is 0 Å². The fourth-order valence-corrected chi connectivity index (χ4v) is 13.5. The van der Waals surface area contributed by atoms with Crippen molar-refractivity contribution in [1.82, 2.24) is 0 Å². The zero-order valence-corrected chi connectivity index (χ0v) is 34.2. The van der Waals surface area contributed by atoms with Crippen LogP contribution in [-0.2, 0) is 0 Å². The van der Waals surface area contributed by atoms with Crippen LogP contribution in [0.5, 0.6) is 0 Å². The number of aliphatic imine (C=N–C) groups is 1. The zero-order valence-electron chi connectivity index (χ0n) is 32.6. The van der Waals surface area contributed by atoms with Crippen molar-refractivity contribution in [3.63, 3.8) is 0 Å². The normalized spacial score (nSPS) is 31.9. The first-order chi connectivity index (χ1) is 28.1. The quantitative estimate of drug-likeness (QED) is 0.231. The molecule has 3 aromatic carbocycles. The summed E-state index contributed by atoms with van der Waals surface area (Å²) >= 11 is 4.09. The summed E-state index contributed by atoms with van der Waals surface area (Å²) in [5.74, 6) is 2.84. The van der Waals surface area contributed by atoms with E-state index < -0.39 is 0 Å². The van der Waals surface area contributed by atoms with Gasteiger partial charge in [0.15, 0.2) is 0 Å². The molecule has 0 bridgehead atoms. The second kappa shape index (κ2) is 15.0. The first kappa shape index (κ1) is 35.6. The van der Waals surface area contributed by atoms with E-state index >= 15 is 0 Å². The summed E-state index contributed by atoms with van der Waals surface area (Å²) in [6.45, 7) is 2.48. The number of nitrogens with zero attached hydrogens (tertiary/aromatic N) is 1. The predicted molar refractivity (Wildman–Crippen MR) is 244 cm³/mol. The second-order valence-corrected chi connectivity index (χ2v) is 19.6. The Morgan fingerprint density at radius 2 is 1.47 bits per heavy atom. The maximum Gasteiger partial charge on any atom is 0.0473 e. The van der Waals surface area contributed by atoms with Crippen LogP contribution >= 0.6 is 23.5 Å². The molecule has 11 rings (SSSR count). The van der Waals surface area contributed by atoms with Gasteiger partial charge in [-0.3, -0.25) is 4.99 Å². The van der Waals surface area contributed by atoms with Gasteiger partial charge in [0.05, 0.1) is 0 Å². The van der Waals surface area contributed by atoms with Crippen LogP contribution in [0, 0.1) is 29.6 Å². The van der Waals surface area contributed by atoms with Gasteiger partial charge in [-0.1, -0.05) is 158 Å². The molecule has 3 heterocycles. The molecule has 57 heavy (non-hydrogen) atoms. The van der Waals surface area contributed by atoms with E-state index in [9.17, 15) is 0 Å². The highest BCUT2D eigenvalue weighted by molar-refractivity contribution is 8.00. The third kappa shape index (κ3) is 6.65. The van der Waals surface area contributed by atoms with Gasteiger partial charge in [-0.05, 0) is 107 Å². The molecule has 0 radical (unpaired) electrons. The maximum absolute atomic E-state index is 5.61. The van der Waals surface area contributed by atoms with Crippen molar-refractivity contribution >= 4 is 40.4 Å². The molecule has 3 heteroatoms. The van der Waals surface area contributed by atoms with Gasteiger partial charge in [-0.15, -0.1) is 23.5 Å². The lowest BCUT2D eigenvalue weighted by Gasteiger charge is -2.38. The number of thioether (sulfide) groups is 2. The Bertz CT molecular complexity index is 2460. The van der Waals surface area contributed by atoms with Gasteiger partial charge >= 0.3 is 0 Å². The standard InChI is InChI=1S/C54H49NS2/c1-34-46(33-49(37-14-6-3-7-15-37)55-54(34)38-22-20-36(21-23-38)35-12-4-2-5-13-35)43-29-41(39-24-26-52-47(31-39)44-16-8-10-18-50(44)56-52)28-42(30-43)40-25-27-53-48(32-40)45-17-9-11-19-51(45)57-53/h2-14,16-20,22,24-29,31,33-34,37,40,43-44,46,48,50,53H,15,21,23,30,32H2,1H3/t34?,37?,40?,43?,44?,46-,48?,50?,53?/m1/s1. The van der Waals surface area contributed by atoms with Crippen molar-refractivity contribution in [3.8, 4) is 0 Å². The van der Waals surface area contributed by atoms with Crippen LogP contribution in [-0.4, -0.2) is 16.2 Å². The number of rotatable bonds is 6. The average molecular weight is 776 g/mol. The van der Waals surface area contributed by atoms with Gasteiger partial charge in [0.2, 0.25) is 0 Å². The molecular weight excluding hydrogens is 727 g/mol. The molecule has 0 aromatic heterocycles. The average Bonchev–Trinajstić information content (AvgIpc) is 3.85. The van der Waals surface area contributed by atoms with E-state index in [0.717, 1.165) is 25.7 Å². The summed E-state index contributed by atoms with van der Waals surface area (Å²) in [4.78, 5) is 8.52. The molecule has 0 spiro atoms. The number of hydrogen-bond acceptors (Lipinski definition) is 3. The minimum atomic E-state index is 0.317. The fraction of sp³-hybridized carbons (Fsp3) is 0.278. The van der Waals surface area contributed by atoms with Gasteiger partial charge in [-0.2, -0.15) is 0 Å². The molecule has 0 saturated heterocycles. The number of benzene rings is 3. The van der Waals surface area contributed by atoms with Gasteiger partial charge < -0.3 is 0 Å². The van der Waals surface area contributed by atoms with E-state index in [2.05, 4.69) is 183 Å². The van der Waals surface area contributed by atoms with E-state index in [-0.39, 0.29) is 0 Å². The molecule has 5 aliphatic carbocycles. The van der Waals surface area contributed by atoms with E-state index in [0.29, 0.717) is 51.9 Å². The Morgan fingerprint density at radius 3 is 2.35 bits per heavy atom. The van der Waals surface area contributed by atoms with Crippen LogP contribution in [0.3, 0.4) is 0 Å². The first-order valence-electron chi connectivity index (χ1n) is 21.2. The van der Waals surface area contributed by atoms with Crippen molar-refractivity contribution < 1.29 is 0 Å². The summed E-state index contributed by atoms with van der Waals surface area (Å²) < 4.78 is 0. The minimum absolute atomic E-state index is 0.317. The number of fused-ring (bicyclic) bond motifs is 6. The molecule has 9 atom stereocenters. The molecule has 8 aliphatic rings. The van der Waals surface area contributed by atoms with Crippen LogP contribution in [0.2, 0.25) is 0 Å². The first-order valence-corrected chi connectivity index (χ1v) is 23.0. The van der Waals surface area contributed by atoms with Crippen LogP contribution in [0.1, 0.15) is 73.1 Å². The Labute approximate surface area is 347 Å². The highest BCUT2D eigenvalue weighted by Crippen LogP contribution is 2.54. The summed E-state index contributed by atoms with van der Waals surface area (Å²) in [6, 6.07) is 27.4. The van der Waals surface area contributed by atoms with E-state index in [4.69, 9.17) is 4.99 Å². The molecular formula is C54H49NS2. The van der Waals surface area contributed by atoms with E-state index in [1.165, 1.54) is 61.0 Å². The molecule has 1 nitrogen and oxygen atoms in total. The lowest BCUT2D eigenvalue weighted by molar-refractivity contribution is 0.381. The molecule has 0 fully saturated rings. The van der Waals surface area contributed by atoms with Crippen LogP contribution in [0.4, 0.5) is 0 Å². The van der Waals surface area contributed by atoms with Crippen molar-refractivity contribution in [3.05, 3.63) is 203 Å².